The number of rotatable bonds is 9. The van der Waals surface area contributed by atoms with Gasteiger partial charge < -0.3 is 33.6 Å². The van der Waals surface area contributed by atoms with Crippen LogP contribution < -0.4 is 10.4 Å². The molecular weight excluding hydrogens is 849 g/mol. The van der Waals surface area contributed by atoms with Gasteiger partial charge in [-0.15, -0.1) is 11.3 Å². The molecular formula is C47H62N8O7SSi. The molecule has 1 spiro atoms. The van der Waals surface area contributed by atoms with Crippen molar-refractivity contribution in [2.45, 2.75) is 104 Å². The molecule has 1 aromatic carbocycles. The number of aryl methyl sites for hydroxylation is 1. The lowest BCUT2D eigenvalue weighted by Crippen LogP contribution is -2.58. The van der Waals surface area contributed by atoms with Crippen molar-refractivity contribution in [2.24, 2.45) is 16.7 Å². The van der Waals surface area contributed by atoms with E-state index in [1.807, 2.05) is 37.1 Å². The summed E-state index contributed by atoms with van der Waals surface area (Å²) in [4.78, 5) is 72.7. The van der Waals surface area contributed by atoms with E-state index in [2.05, 4.69) is 60.0 Å². The number of amides is 4. The Morgan fingerprint density at radius 2 is 1.94 bits per heavy atom. The highest BCUT2D eigenvalue weighted by Crippen LogP contribution is 2.42. The third-order valence-corrected chi connectivity index (χ3v) is 15.4. The molecule has 4 atom stereocenters. The molecule has 7 heterocycles. The lowest BCUT2D eigenvalue weighted by atomic mass is 9.84. The third-order valence-electron chi connectivity index (χ3n) is 13.4. The fourth-order valence-electron chi connectivity index (χ4n) is 9.79. The van der Waals surface area contributed by atoms with Crippen LogP contribution in [0.4, 0.5) is 4.79 Å². The number of hydrogen-bond donors (Lipinski definition) is 2. The number of likely N-dealkylation sites (N-methyl/N-ethyl adjacent to an activating group) is 1. The second kappa shape index (κ2) is 18.7. The molecule has 8 rings (SSSR count). The minimum absolute atomic E-state index is 0.0230. The molecule has 0 saturated carbocycles. The maximum Gasteiger partial charge on any atom is 0.324 e. The first kappa shape index (κ1) is 45.9. The van der Waals surface area contributed by atoms with Crippen LogP contribution in [-0.4, -0.2) is 129 Å². The number of thiazole rings is 1. The zero-order valence-corrected chi connectivity index (χ0v) is 40.2. The van der Waals surface area contributed by atoms with Crippen molar-refractivity contribution in [3.63, 3.8) is 0 Å². The van der Waals surface area contributed by atoms with E-state index < -0.39 is 29.0 Å². The molecule has 0 aliphatic carbocycles. The largest absolute Gasteiger partial charge is 0.464 e. The van der Waals surface area contributed by atoms with Gasteiger partial charge in [-0.3, -0.25) is 24.4 Å². The Hall–Kier alpha value is -4.68. The van der Waals surface area contributed by atoms with Gasteiger partial charge in [-0.05, 0) is 75.3 Å². The smallest absolute Gasteiger partial charge is 0.324 e. The van der Waals surface area contributed by atoms with E-state index in [-0.39, 0.29) is 58.0 Å². The van der Waals surface area contributed by atoms with Crippen molar-refractivity contribution in [1.82, 2.24) is 39.8 Å². The molecule has 2 radical (unpaired) electrons. The van der Waals surface area contributed by atoms with Crippen molar-refractivity contribution in [1.29, 1.82) is 0 Å². The first-order chi connectivity index (χ1) is 30.6. The molecule has 3 saturated heterocycles. The van der Waals surface area contributed by atoms with Gasteiger partial charge in [-0.2, -0.15) is 0 Å². The maximum atomic E-state index is 14.6. The number of urea groups is 1. The lowest BCUT2D eigenvalue weighted by Gasteiger charge is -2.38. The molecule has 17 heteroatoms. The summed E-state index contributed by atoms with van der Waals surface area (Å²) in [5, 5.41) is 5.39. The second-order valence-corrected chi connectivity index (χ2v) is 21.3. The van der Waals surface area contributed by atoms with Crippen LogP contribution in [0.3, 0.4) is 0 Å². The fraction of sp³-hybridized carbons (Fsp3) is 0.574. The summed E-state index contributed by atoms with van der Waals surface area (Å²) in [6, 6.07) is 8.88. The molecule has 64 heavy (non-hydrogen) atoms. The number of hydrogen-bond acceptors (Lipinski definition) is 11. The Morgan fingerprint density at radius 1 is 1.14 bits per heavy atom. The molecule has 6 bridgehead atoms. The van der Waals surface area contributed by atoms with Gasteiger partial charge in [0.15, 0.2) is 9.68 Å². The van der Waals surface area contributed by atoms with E-state index in [4.69, 9.17) is 24.2 Å². The van der Waals surface area contributed by atoms with Crippen molar-refractivity contribution < 1.29 is 33.4 Å². The monoisotopic (exact) mass is 910 g/mol. The van der Waals surface area contributed by atoms with Gasteiger partial charge in [-0.25, -0.2) is 15.2 Å². The number of aromatic nitrogens is 3. The molecule has 4 aliphatic rings. The number of carbonyl (C=O) groups is 4. The summed E-state index contributed by atoms with van der Waals surface area (Å²) in [5.74, 6) is -1.15. The number of likely N-dealkylation sites (tertiary alicyclic amines) is 1. The number of nitrogens with one attached hydrogen (secondary N) is 2. The Morgan fingerprint density at radius 3 is 2.64 bits per heavy atom. The fourth-order valence-corrected chi connectivity index (χ4v) is 11.8. The number of benzene rings is 1. The van der Waals surface area contributed by atoms with E-state index >= 15 is 0 Å². The normalized spacial score (nSPS) is 22.0. The van der Waals surface area contributed by atoms with Crippen LogP contribution in [-0.2, 0) is 48.0 Å². The minimum atomic E-state index is -0.748. The van der Waals surface area contributed by atoms with Crippen LogP contribution >= 0.6 is 11.3 Å². The summed E-state index contributed by atoms with van der Waals surface area (Å²) in [6.45, 7) is 16.1. The summed E-state index contributed by atoms with van der Waals surface area (Å²) < 4.78 is 19.7. The van der Waals surface area contributed by atoms with Gasteiger partial charge in [-0.1, -0.05) is 33.8 Å². The number of pyridine rings is 1. The Balaban J connectivity index is 1.13. The molecule has 15 nitrogen and oxygen atoms in total. The average Bonchev–Trinajstić information content (AvgIpc) is 4.02. The van der Waals surface area contributed by atoms with Crippen LogP contribution in [0.15, 0.2) is 41.9 Å². The number of esters is 1. The van der Waals surface area contributed by atoms with Crippen LogP contribution in [0.5, 0.6) is 0 Å². The summed E-state index contributed by atoms with van der Waals surface area (Å²) in [5.41, 5.74) is 8.91. The first-order valence-corrected chi connectivity index (χ1v) is 24.5. The number of nitrogens with zero attached hydrogens (tertiary/aromatic N) is 6. The van der Waals surface area contributed by atoms with Crippen LogP contribution in [0, 0.1) is 16.7 Å². The Labute approximate surface area is 382 Å². The zero-order valence-electron chi connectivity index (χ0n) is 38.4. The Kier molecular flexibility index (Phi) is 13.4. The standard InChI is InChI=1S/C47H62N8O7SSi/c1-9-54-36-15-14-30-20-32(36)33(41(54)31-12-10-17-48-39(31)29(4)60-8)22-46(5,6)25-62-44(58)34-13-11-18-55(50-34)43(57)37(21-38-49-35(30)23-63-38)64-51-42(56)40(28(2)3)52(7)45(59)53-19-16-47(24-53)26-61-27-47/h10,12,14-15,17,20,23,28-29,34,37,40,50H,9,11,13,16,18-19,21-22,24-27H2,1-8H3,(H,51,56)/t29-,34?,37-,40-/m0/s1. The summed E-state index contributed by atoms with van der Waals surface area (Å²) in [6.07, 6.45) is 4.44. The number of cyclic esters (lactones) is 1. The number of ether oxygens (including phenoxy) is 3. The number of methoxy groups -OCH3 is 1. The van der Waals surface area contributed by atoms with E-state index in [1.54, 1.807) is 25.3 Å². The predicted octanol–water partition coefficient (Wildman–Crippen LogP) is 6.04. The van der Waals surface area contributed by atoms with Crippen LogP contribution in [0.2, 0.25) is 5.54 Å². The molecule has 1 unspecified atom stereocenters. The minimum Gasteiger partial charge on any atom is -0.464 e. The van der Waals surface area contributed by atoms with Crippen molar-refractivity contribution in [3.8, 4) is 22.5 Å². The van der Waals surface area contributed by atoms with Crippen LogP contribution in [0.25, 0.3) is 33.4 Å². The van der Waals surface area contributed by atoms with Gasteiger partial charge in [0.25, 0.3) is 0 Å². The van der Waals surface area contributed by atoms with Gasteiger partial charge in [0.05, 0.1) is 53.6 Å². The SMILES string of the molecule is CCn1c(-c2cccnc2[C@H](C)OC)c2c3cc(ccc31)-c1csc(n1)C[C@H]([Si]NC(=O)[C@H](C(C)C)N(C)C(=O)N1CCC3(COC3)C1)C(=O)N1CCCC(N1)C(=O)OCC(C)(C)C2. The van der Waals surface area contributed by atoms with E-state index in [1.165, 1.54) is 16.3 Å². The second-order valence-electron chi connectivity index (χ2n) is 19.1. The Bertz CT molecular complexity index is 2400. The topological polar surface area (TPSA) is 160 Å². The molecule has 4 amide bonds. The first-order valence-electron chi connectivity index (χ1n) is 22.6. The predicted molar refractivity (Wildman–Crippen MR) is 246 cm³/mol. The van der Waals surface area contributed by atoms with E-state index in [9.17, 15) is 19.2 Å². The highest BCUT2D eigenvalue weighted by atomic mass is 32.1. The van der Waals surface area contributed by atoms with Gasteiger partial charge in [0.2, 0.25) is 11.8 Å². The van der Waals surface area contributed by atoms with E-state index in [0.717, 1.165) is 56.1 Å². The van der Waals surface area contributed by atoms with Crippen molar-refractivity contribution in [3.05, 3.63) is 58.2 Å². The van der Waals surface area contributed by atoms with Crippen molar-refractivity contribution in [2.75, 3.05) is 53.6 Å². The van der Waals surface area contributed by atoms with Crippen LogP contribution in [0.1, 0.15) is 83.2 Å². The van der Waals surface area contributed by atoms with Gasteiger partial charge >= 0.3 is 12.0 Å². The third kappa shape index (κ3) is 9.10. The molecule has 2 N–H and O–H groups in total. The number of hydrazine groups is 1. The van der Waals surface area contributed by atoms with Crippen molar-refractivity contribution >= 4 is 55.7 Å². The highest BCUT2D eigenvalue weighted by molar-refractivity contribution is 7.10. The molecule has 3 fully saturated rings. The molecule has 3 aromatic heterocycles. The number of fused-ring (bicyclic) bond motifs is 6. The highest BCUT2D eigenvalue weighted by Gasteiger charge is 2.47. The zero-order chi connectivity index (χ0) is 45.5. The van der Waals surface area contributed by atoms with Gasteiger partial charge in [0, 0.05) is 91.2 Å². The maximum absolute atomic E-state index is 14.6. The molecule has 4 aromatic rings. The lowest BCUT2D eigenvalue weighted by molar-refractivity contribution is -0.154. The van der Waals surface area contributed by atoms with Gasteiger partial charge in [0.1, 0.15) is 12.1 Å². The quantitative estimate of drug-likeness (QED) is 0.150. The molecule has 4 aliphatic heterocycles. The number of carbonyl (C=O) groups excluding carboxylic acids is 4. The molecule has 342 valence electrons. The van der Waals surface area contributed by atoms with E-state index in [0.29, 0.717) is 58.7 Å². The average molecular weight is 911 g/mol. The summed E-state index contributed by atoms with van der Waals surface area (Å²) >= 11 is 1.48. The summed E-state index contributed by atoms with van der Waals surface area (Å²) in [7, 11) is 3.06.